The zero-order valence-electron chi connectivity index (χ0n) is 21.9. The molecular formula is C30H29F3N2O4S. The van der Waals surface area contributed by atoms with Gasteiger partial charge in [0, 0.05) is 17.1 Å². The SMILES string of the molecule is CC(C)c1ccc(/C=C(/NC(=O)c2ccc(C(F)(F)F)cc2)C(=O)N[C@@H](CSCc2ccccc2)C(=O)O)cc1. The summed E-state index contributed by atoms with van der Waals surface area (Å²) in [6.07, 6.45) is -3.18. The van der Waals surface area contributed by atoms with Gasteiger partial charge in [0.15, 0.2) is 0 Å². The maximum absolute atomic E-state index is 13.2. The van der Waals surface area contributed by atoms with Gasteiger partial charge >= 0.3 is 12.1 Å². The molecule has 210 valence electrons. The second-order valence-corrected chi connectivity index (χ2v) is 10.3. The highest BCUT2D eigenvalue weighted by atomic mass is 32.2. The maximum Gasteiger partial charge on any atom is 0.416 e. The molecule has 0 heterocycles. The van der Waals surface area contributed by atoms with E-state index in [2.05, 4.69) is 10.6 Å². The summed E-state index contributed by atoms with van der Waals surface area (Å²) in [5.74, 6) is -2.04. The van der Waals surface area contributed by atoms with Crippen LogP contribution in [-0.2, 0) is 21.5 Å². The number of hydrogen-bond donors (Lipinski definition) is 3. The first-order valence-corrected chi connectivity index (χ1v) is 13.5. The Morgan fingerprint density at radius 1 is 0.925 bits per heavy atom. The predicted octanol–water partition coefficient (Wildman–Crippen LogP) is 6.10. The molecule has 1 atom stereocenters. The van der Waals surface area contributed by atoms with Gasteiger partial charge in [0.2, 0.25) is 0 Å². The molecular weight excluding hydrogens is 541 g/mol. The number of alkyl halides is 3. The van der Waals surface area contributed by atoms with Gasteiger partial charge in [-0.2, -0.15) is 24.9 Å². The minimum atomic E-state index is -4.56. The maximum atomic E-state index is 13.2. The van der Waals surface area contributed by atoms with Gasteiger partial charge in [-0.1, -0.05) is 68.4 Å². The van der Waals surface area contributed by atoms with Crippen LogP contribution in [0.4, 0.5) is 13.2 Å². The zero-order valence-corrected chi connectivity index (χ0v) is 22.7. The molecule has 0 fully saturated rings. The van der Waals surface area contributed by atoms with Gasteiger partial charge in [-0.05, 0) is 52.9 Å². The molecule has 2 amide bonds. The highest BCUT2D eigenvalue weighted by Crippen LogP contribution is 2.29. The van der Waals surface area contributed by atoms with Gasteiger partial charge in [0.1, 0.15) is 11.7 Å². The fourth-order valence-corrected chi connectivity index (χ4v) is 4.59. The lowest BCUT2D eigenvalue weighted by atomic mass is 10.0. The number of carbonyl (C=O) groups excluding carboxylic acids is 2. The van der Waals surface area contributed by atoms with E-state index in [1.165, 1.54) is 17.8 Å². The number of halogens is 3. The number of thioether (sulfide) groups is 1. The number of carboxylic acid groups (broad SMARTS) is 1. The fourth-order valence-electron chi connectivity index (χ4n) is 3.59. The zero-order chi connectivity index (χ0) is 29.3. The number of hydrogen-bond acceptors (Lipinski definition) is 4. The third kappa shape index (κ3) is 9.01. The summed E-state index contributed by atoms with van der Waals surface area (Å²) in [5, 5.41) is 14.6. The van der Waals surface area contributed by atoms with Crippen molar-refractivity contribution in [1.82, 2.24) is 10.6 Å². The Morgan fingerprint density at radius 3 is 2.10 bits per heavy atom. The van der Waals surface area contributed by atoms with Crippen molar-refractivity contribution in [1.29, 1.82) is 0 Å². The summed E-state index contributed by atoms with van der Waals surface area (Å²) < 4.78 is 38.7. The molecule has 3 rings (SSSR count). The molecule has 3 N–H and O–H groups in total. The Bertz CT molecular complexity index is 1340. The van der Waals surface area contributed by atoms with Crippen LogP contribution in [0.3, 0.4) is 0 Å². The lowest BCUT2D eigenvalue weighted by Crippen LogP contribution is -2.45. The van der Waals surface area contributed by atoms with Crippen molar-refractivity contribution in [2.24, 2.45) is 0 Å². The lowest BCUT2D eigenvalue weighted by Gasteiger charge is -2.17. The van der Waals surface area contributed by atoms with Crippen LogP contribution >= 0.6 is 11.8 Å². The molecule has 0 spiro atoms. The molecule has 0 saturated heterocycles. The molecule has 10 heteroatoms. The number of carbonyl (C=O) groups is 3. The summed E-state index contributed by atoms with van der Waals surface area (Å²) in [5.41, 5.74) is 1.35. The van der Waals surface area contributed by atoms with Crippen LogP contribution in [0.5, 0.6) is 0 Å². The molecule has 0 aliphatic heterocycles. The standard InChI is InChI=1S/C30H29F3N2O4S/c1-19(2)22-10-8-20(9-11-22)16-25(34-27(36)23-12-14-24(15-13-23)30(31,32)33)28(37)35-26(29(38)39)18-40-17-21-6-4-3-5-7-21/h3-16,19,26H,17-18H2,1-2H3,(H,34,36)(H,35,37)(H,38,39)/b25-16+/t26-/m0/s1. The molecule has 0 bridgehead atoms. The summed E-state index contributed by atoms with van der Waals surface area (Å²) in [4.78, 5) is 38.0. The van der Waals surface area contributed by atoms with E-state index in [4.69, 9.17) is 0 Å². The smallest absolute Gasteiger partial charge is 0.416 e. The third-order valence-corrected chi connectivity index (χ3v) is 6.99. The highest BCUT2D eigenvalue weighted by molar-refractivity contribution is 7.98. The van der Waals surface area contributed by atoms with Crippen molar-refractivity contribution in [2.45, 2.75) is 37.7 Å². The predicted molar refractivity (Wildman–Crippen MR) is 150 cm³/mol. The molecule has 0 unspecified atom stereocenters. The lowest BCUT2D eigenvalue weighted by molar-refractivity contribution is -0.140. The Kier molecular flexibility index (Phi) is 10.6. The van der Waals surface area contributed by atoms with Crippen LogP contribution in [0.15, 0.2) is 84.6 Å². The third-order valence-electron chi connectivity index (χ3n) is 5.88. The van der Waals surface area contributed by atoms with Crippen molar-refractivity contribution in [3.05, 3.63) is 112 Å². The van der Waals surface area contributed by atoms with E-state index in [0.717, 1.165) is 35.4 Å². The van der Waals surface area contributed by atoms with Crippen molar-refractivity contribution < 1.29 is 32.7 Å². The van der Waals surface area contributed by atoms with Crippen LogP contribution < -0.4 is 10.6 Å². The molecule has 0 aromatic heterocycles. The second kappa shape index (κ2) is 13.8. The van der Waals surface area contributed by atoms with Gasteiger partial charge in [-0.25, -0.2) is 4.79 Å². The minimum Gasteiger partial charge on any atom is -0.480 e. The normalized spacial score (nSPS) is 12.6. The second-order valence-electron chi connectivity index (χ2n) is 9.27. The highest BCUT2D eigenvalue weighted by Gasteiger charge is 2.30. The van der Waals surface area contributed by atoms with Crippen molar-refractivity contribution in [3.8, 4) is 0 Å². The summed E-state index contributed by atoms with van der Waals surface area (Å²) in [7, 11) is 0. The number of carboxylic acids is 1. The van der Waals surface area contributed by atoms with Crippen LogP contribution in [0.1, 0.15) is 52.4 Å². The van der Waals surface area contributed by atoms with E-state index in [1.54, 1.807) is 12.1 Å². The summed E-state index contributed by atoms with van der Waals surface area (Å²) in [6.45, 7) is 4.05. The van der Waals surface area contributed by atoms with Crippen molar-refractivity contribution >= 4 is 35.6 Å². The van der Waals surface area contributed by atoms with Gasteiger partial charge in [-0.15, -0.1) is 0 Å². The Morgan fingerprint density at radius 2 is 1.55 bits per heavy atom. The number of amides is 2. The molecule has 0 aliphatic rings. The first-order valence-electron chi connectivity index (χ1n) is 12.4. The Hall–Kier alpha value is -4.05. The first kappa shape index (κ1) is 30.5. The van der Waals surface area contributed by atoms with Crippen LogP contribution in [0.2, 0.25) is 0 Å². The summed E-state index contributed by atoms with van der Waals surface area (Å²) >= 11 is 1.32. The fraction of sp³-hybridized carbons (Fsp3) is 0.233. The van der Waals surface area contributed by atoms with E-state index in [-0.39, 0.29) is 22.9 Å². The topological polar surface area (TPSA) is 95.5 Å². The monoisotopic (exact) mass is 570 g/mol. The van der Waals surface area contributed by atoms with E-state index in [9.17, 15) is 32.7 Å². The number of benzene rings is 3. The van der Waals surface area contributed by atoms with Gasteiger partial charge in [-0.3, -0.25) is 9.59 Å². The Balaban J connectivity index is 1.80. The molecule has 0 saturated carbocycles. The van der Waals surface area contributed by atoms with E-state index >= 15 is 0 Å². The minimum absolute atomic E-state index is 0.0686. The van der Waals surface area contributed by atoms with Gasteiger partial charge in [0.25, 0.3) is 11.8 Å². The number of aliphatic carboxylic acids is 1. The molecule has 40 heavy (non-hydrogen) atoms. The molecule has 0 radical (unpaired) electrons. The molecule has 3 aromatic rings. The molecule has 0 aliphatic carbocycles. The largest absolute Gasteiger partial charge is 0.480 e. The van der Waals surface area contributed by atoms with Crippen LogP contribution in [0, 0.1) is 0 Å². The van der Waals surface area contributed by atoms with Crippen LogP contribution in [-0.4, -0.2) is 34.7 Å². The average molecular weight is 571 g/mol. The first-order chi connectivity index (χ1) is 18.9. The molecule has 3 aromatic carbocycles. The van der Waals surface area contributed by atoms with E-state index in [0.29, 0.717) is 11.3 Å². The van der Waals surface area contributed by atoms with E-state index in [1.807, 2.05) is 56.3 Å². The quantitative estimate of drug-likeness (QED) is 0.242. The van der Waals surface area contributed by atoms with Gasteiger partial charge < -0.3 is 15.7 Å². The number of rotatable bonds is 11. The van der Waals surface area contributed by atoms with Gasteiger partial charge in [0.05, 0.1) is 5.56 Å². The average Bonchev–Trinajstić information content (AvgIpc) is 2.92. The summed E-state index contributed by atoms with van der Waals surface area (Å²) in [6, 6.07) is 19.0. The number of nitrogens with one attached hydrogen (secondary N) is 2. The van der Waals surface area contributed by atoms with E-state index < -0.39 is 35.6 Å². The van der Waals surface area contributed by atoms with Crippen molar-refractivity contribution in [2.75, 3.05) is 5.75 Å². The van der Waals surface area contributed by atoms with Crippen LogP contribution in [0.25, 0.3) is 6.08 Å². The Labute approximate surface area is 234 Å². The van der Waals surface area contributed by atoms with Crippen molar-refractivity contribution in [3.63, 3.8) is 0 Å². The molecule has 6 nitrogen and oxygen atoms in total.